The molecule has 4 rings (SSSR count). The van der Waals surface area contributed by atoms with Crippen LogP contribution in [0.2, 0.25) is 0 Å². The van der Waals surface area contributed by atoms with Crippen LogP contribution < -0.4 is 20.9 Å². The number of fused-ring (bicyclic) bond motifs is 1. The quantitative estimate of drug-likeness (QED) is 0.0983. The highest BCUT2D eigenvalue weighted by Crippen LogP contribution is 2.40. The van der Waals surface area contributed by atoms with Crippen LogP contribution in [-0.4, -0.2) is 73.0 Å². The third kappa shape index (κ3) is 4.99. The van der Waals surface area contributed by atoms with Crippen LogP contribution in [0.3, 0.4) is 0 Å². The maximum absolute atomic E-state index is 13.0. The topological polar surface area (TPSA) is 193 Å². The van der Waals surface area contributed by atoms with Gasteiger partial charge in [-0.25, -0.2) is 4.79 Å². The van der Waals surface area contributed by atoms with Gasteiger partial charge in [-0.05, 0) is 13.0 Å². The van der Waals surface area contributed by atoms with Gasteiger partial charge in [0.1, 0.15) is 29.4 Å². The molecule has 0 saturated carbocycles. The molecule has 36 heavy (non-hydrogen) atoms. The molecule has 2 aromatic rings. The minimum absolute atomic E-state index is 0.0416. The van der Waals surface area contributed by atoms with E-state index in [2.05, 4.69) is 25.1 Å². The predicted octanol–water partition coefficient (Wildman–Crippen LogP) is -0.844. The number of aromatic nitrogens is 3. The lowest BCUT2D eigenvalue weighted by atomic mass is 10.0. The molecule has 2 aromatic heterocycles. The summed E-state index contributed by atoms with van der Waals surface area (Å²) in [4.78, 5) is 58.8. The molecule has 0 spiro atoms. The van der Waals surface area contributed by atoms with Gasteiger partial charge in [-0.15, -0.1) is 11.8 Å². The van der Waals surface area contributed by atoms with Crippen LogP contribution in [0.1, 0.15) is 12.7 Å². The predicted molar refractivity (Wildman–Crippen MR) is 128 cm³/mol. The zero-order valence-electron chi connectivity index (χ0n) is 18.8. The molecule has 2 aliphatic rings. The van der Waals surface area contributed by atoms with Gasteiger partial charge in [0.25, 0.3) is 11.8 Å². The molecule has 14 nitrogen and oxygen atoms in total. The molecular weight excluding hydrogens is 512 g/mol. The summed E-state index contributed by atoms with van der Waals surface area (Å²) in [5.74, 6) is -2.30. The van der Waals surface area contributed by atoms with Crippen molar-refractivity contribution in [3.05, 3.63) is 41.6 Å². The van der Waals surface area contributed by atoms with Gasteiger partial charge in [-0.2, -0.15) is 13.9 Å². The number of carboxylic acids is 1. The molecule has 4 heterocycles. The van der Waals surface area contributed by atoms with E-state index in [1.807, 2.05) is 0 Å². The Morgan fingerprint density at radius 3 is 2.94 bits per heavy atom. The Hall–Kier alpha value is -4.05. The van der Waals surface area contributed by atoms with Crippen LogP contribution in [0.4, 0.5) is 10.8 Å². The summed E-state index contributed by atoms with van der Waals surface area (Å²) >= 11 is 2.20. The zero-order valence-corrected chi connectivity index (χ0v) is 20.4. The monoisotopic (exact) mass is 533 g/mol. The molecule has 1 fully saturated rings. The number of thioether (sulfide) groups is 1. The van der Waals surface area contributed by atoms with Crippen LogP contribution in [0, 0.1) is 0 Å². The first kappa shape index (κ1) is 25.1. The van der Waals surface area contributed by atoms with Gasteiger partial charge in [-0.3, -0.25) is 19.3 Å². The third-order valence-electron chi connectivity index (χ3n) is 5.15. The first-order chi connectivity index (χ1) is 17.3. The number of hydrogen-bond acceptors (Lipinski definition) is 11. The molecule has 3 amide bonds. The summed E-state index contributed by atoms with van der Waals surface area (Å²) < 4.78 is 5.67. The highest BCUT2D eigenvalue weighted by Gasteiger charge is 2.54. The highest BCUT2D eigenvalue weighted by atomic mass is 32.2. The van der Waals surface area contributed by atoms with E-state index in [1.54, 1.807) is 36.0 Å². The summed E-state index contributed by atoms with van der Waals surface area (Å²) in [6, 6.07) is 2.42. The molecule has 1 unspecified atom stereocenters. The number of carbonyl (C=O) groups excluding carboxylic acids is 3. The summed E-state index contributed by atoms with van der Waals surface area (Å²) in [6.07, 6.45) is 3.91. The molecule has 0 bridgehead atoms. The van der Waals surface area contributed by atoms with Crippen molar-refractivity contribution >= 4 is 64.0 Å². The number of pyridine rings is 1. The number of anilines is 2. The number of nitrogen functional groups attached to an aromatic ring is 1. The van der Waals surface area contributed by atoms with E-state index in [1.165, 1.54) is 16.7 Å². The second kappa shape index (κ2) is 10.7. The molecule has 0 radical (unpaired) electrons. The number of β-lactam (4-membered cyclic amide) rings is 1. The highest BCUT2D eigenvalue weighted by molar-refractivity contribution is 8.00. The van der Waals surface area contributed by atoms with E-state index in [4.69, 9.17) is 10.6 Å². The molecule has 2 aliphatic heterocycles. The Balaban J connectivity index is 1.53. The van der Waals surface area contributed by atoms with Gasteiger partial charge in [-0.1, -0.05) is 5.16 Å². The van der Waals surface area contributed by atoms with E-state index in [9.17, 15) is 24.3 Å². The van der Waals surface area contributed by atoms with Crippen molar-refractivity contribution in [1.82, 2.24) is 19.6 Å². The number of rotatable bonds is 10. The maximum atomic E-state index is 13.0. The number of carboxylic acid groups (broad SMARTS) is 1. The number of carbonyl (C=O) groups is 4. The van der Waals surface area contributed by atoms with Crippen molar-refractivity contribution < 1.29 is 33.7 Å². The van der Waals surface area contributed by atoms with Crippen molar-refractivity contribution in [1.29, 1.82) is 0 Å². The van der Waals surface area contributed by atoms with Crippen LogP contribution in [-0.2, 0) is 30.6 Å². The minimum atomic E-state index is -1.25. The Labute approximate surface area is 212 Å². The number of hydrogen-bond donors (Lipinski definition) is 4. The molecule has 2 atom stereocenters. The van der Waals surface area contributed by atoms with Crippen molar-refractivity contribution in [2.24, 2.45) is 5.16 Å². The number of aliphatic carboxylic acids is 1. The van der Waals surface area contributed by atoms with E-state index in [0.717, 1.165) is 11.5 Å². The Kier molecular flexibility index (Phi) is 7.44. The summed E-state index contributed by atoms with van der Waals surface area (Å²) in [7, 11) is 0. The largest absolute Gasteiger partial charge is 0.477 e. The van der Waals surface area contributed by atoms with Crippen molar-refractivity contribution in [3.8, 4) is 0 Å². The maximum Gasteiger partial charge on any atom is 0.352 e. The number of oxime groups is 1. The average Bonchev–Trinajstić information content (AvgIpc) is 3.28. The summed E-state index contributed by atoms with van der Waals surface area (Å²) in [6.45, 7) is 2.06. The van der Waals surface area contributed by atoms with Gasteiger partial charge in [0.05, 0.1) is 0 Å². The van der Waals surface area contributed by atoms with E-state index in [-0.39, 0.29) is 35.5 Å². The van der Waals surface area contributed by atoms with Crippen LogP contribution in [0.25, 0.3) is 0 Å². The van der Waals surface area contributed by atoms with Crippen LogP contribution in [0.15, 0.2) is 41.0 Å². The first-order valence-corrected chi connectivity index (χ1v) is 12.4. The van der Waals surface area contributed by atoms with Gasteiger partial charge < -0.3 is 26.3 Å². The summed E-state index contributed by atoms with van der Waals surface area (Å²) in [5, 5.41) is 18.3. The van der Waals surface area contributed by atoms with Gasteiger partial charge in [0, 0.05) is 28.9 Å². The SMILES string of the molecule is CCON=C(C(=O)NC1C(=O)N2C(C(=O)O)=C(C[n+]3cccc(NC=O)c3)CS[C@H]12)c1nsc(N)n1. The zero-order chi connectivity index (χ0) is 25.8. The van der Waals surface area contributed by atoms with Crippen LogP contribution >= 0.6 is 23.3 Å². The lowest BCUT2D eigenvalue weighted by molar-refractivity contribution is -0.688. The fourth-order valence-electron chi connectivity index (χ4n) is 3.65. The third-order valence-corrected chi connectivity index (χ3v) is 7.03. The molecule has 16 heteroatoms. The standard InChI is InChI=1S/C20H20N8O6S2/c1-2-34-25-12(15-24-20(21)36-26-15)16(30)23-13-17(31)28-14(19(32)33)10(8-35-18(13)28)6-27-5-3-4-11(7-27)22-9-29/h3-5,7,9,13,18H,2,6,8H2,1H3,(H4-,21,22,23,24,26,29,30,32,33)/p+1/t13?,18-/m1/s1. The lowest BCUT2D eigenvalue weighted by Crippen LogP contribution is -2.71. The number of amides is 3. The molecule has 5 N–H and O–H groups in total. The first-order valence-electron chi connectivity index (χ1n) is 10.5. The second-order valence-electron chi connectivity index (χ2n) is 7.46. The van der Waals surface area contributed by atoms with Crippen molar-refractivity contribution in [3.63, 3.8) is 0 Å². The lowest BCUT2D eigenvalue weighted by Gasteiger charge is -2.49. The molecular formula is C20H21N8O6S2+. The Morgan fingerprint density at radius 2 is 2.28 bits per heavy atom. The second-order valence-corrected chi connectivity index (χ2v) is 9.35. The normalized spacial score (nSPS) is 19.3. The average molecular weight is 534 g/mol. The Morgan fingerprint density at radius 1 is 1.47 bits per heavy atom. The van der Waals surface area contributed by atoms with Crippen LogP contribution in [0.5, 0.6) is 0 Å². The molecule has 0 aromatic carbocycles. The Bertz CT molecular complexity index is 1280. The fourth-order valence-corrected chi connectivity index (χ4v) is 5.42. The van der Waals surface area contributed by atoms with E-state index < -0.39 is 29.2 Å². The number of nitrogens with one attached hydrogen (secondary N) is 2. The van der Waals surface area contributed by atoms with Gasteiger partial charge in [0.2, 0.25) is 17.9 Å². The van der Waals surface area contributed by atoms with Gasteiger partial charge >= 0.3 is 5.97 Å². The van der Waals surface area contributed by atoms with Gasteiger partial charge in [0.15, 0.2) is 24.1 Å². The molecule has 0 aliphatic carbocycles. The number of nitrogens with two attached hydrogens (primary N) is 1. The molecule has 1 saturated heterocycles. The van der Waals surface area contributed by atoms with E-state index in [0.29, 0.717) is 23.4 Å². The van der Waals surface area contributed by atoms with Crippen molar-refractivity contribution in [2.75, 3.05) is 23.4 Å². The van der Waals surface area contributed by atoms with Crippen molar-refractivity contribution in [2.45, 2.75) is 24.9 Å². The molecule has 188 valence electrons. The fraction of sp³-hybridized carbons (Fsp3) is 0.300. The smallest absolute Gasteiger partial charge is 0.352 e. The summed E-state index contributed by atoms with van der Waals surface area (Å²) in [5.41, 5.74) is 6.27. The van der Waals surface area contributed by atoms with E-state index >= 15 is 0 Å². The minimum Gasteiger partial charge on any atom is -0.477 e. The number of nitrogens with zero attached hydrogens (tertiary/aromatic N) is 5.